The minimum absolute atomic E-state index is 0.0209. The molecule has 0 saturated carbocycles. The molecule has 0 unspecified atom stereocenters. The lowest BCUT2D eigenvalue weighted by Gasteiger charge is -2.17. The van der Waals surface area contributed by atoms with Gasteiger partial charge in [0, 0.05) is 6.08 Å². The number of benzene rings is 1. The molecular formula is C15H17NO3. The minimum atomic E-state index is -0.490. The standard InChI is InChI=1S/C15H17NO3/c1-15(2,3)19-14(17)9-6-12-4-7-13(8-5-12)18-11-10-16/h4-9H,11H2,1-3H3/b9-6+. The highest BCUT2D eigenvalue weighted by Crippen LogP contribution is 2.13. The van der Waals surface area contributed by atoms with Crippen molar-refractivity contribution in [3.8, 4) is 11.8 Å². The molecule has 0 aliphatic heterocycles. The van der Waals surface area contributed by atoms with Gasteiger partial charge in [-0.05, 0) is 44.5 Å². The zero-order chi connectivity index (χ0) is 14.3. The number of esters is 1. The van der Waals surface area contributed by atoms with Gasteiger partial charge in [-0.3, -0.25) is 0 Å². The summed E-state index contributed by atoms with van der Waals surface area (Å²) in [4.78, 5) is 11.5. The number of nitriles is 1. The van der Waals surface area contributed by atoms with E-state index in [0.29, 0.717) is 5.75 Å². The van der Waals surface area contributed by atoms with Crippen LogP contribution in [0.1, 0.15) is 26.3 Å². The van der Waals surface area contributed by atoms with Crippen LogP contribution in [0.2, 0.25) is 0 Å². The van der Waals surface area contributed by atoms with E-state index in [4.69, 9.17) is 14.7 Å². The lowest BCUT2D eigenvalue weighted by Crippen LogP contribution is -2.22. The van der Waals surface area contributed by atoms with Crippen molar-refractivity contribution in [2.24, 2.45) is 0 Å². The van der Waals surface area contributed by atoms with Gasteiger partial charge in [-0.25, -0.2) is 4.79 Å². The largest absolute Gasteiger partial charge is 0.479 e. The zero-order valence-electron chi connectivity index (χ0n) is 11.3. The molecule has 1 aromatic carbocycles. The number of rotatable bonds is 4. The molecule has 0 atom stereocenters. The van der Waals surface area contributed by atoms with E-state index in [0.717, 1.165) is 5.56 Å². The molecule has 1 rings (SSSR count). The van der Waals surface area contributed by atoms with Crippen LogP contribution in [-0.4, -0.2) is 18.2 Å². The second-order valence-corrected chi connectivity index (χ2v) is 4.88. The van der Waals surface area contributed by atoms with Crippen LogP contribution in [0.25, 0.3) is 6.08 Å². The van der Waals surface area contributed by atoms with Crippen LogP contribution >= 0.6 is 0 Å². The lowest BCUT2D eigenvalue weighted by atomic mass is 10.2. The Morgan fingerprint density at radius 3 is 2.47 bits per heavy atom. The number of carbonyl (C=O) groups is 1. The molecule has 1 aromatic rings. The molecule has 4 nitrogen and oxygen atoms in total. The van der Waals surface area contributed by atoms with E-state index in [2.05, 4.69) is 0 Å². The van der Waals surface area contributed by atoms with Crippen molar-refractivity contribution in [2.45, 2.75) is 26.4 Å². The van der Waals surface area contributed by atoms with Crippen LogP contribution in [0, 0.1) is 11.3 Å². The van der Waals surface area contributed by atoms with Crippen LogP contribution in [0.15, 0.2) is 30.3 Å². The predicted molar refractivity (Wildman–Crippen MR) is 72.4 cm³/mol. The topological polar surface area (TPSA) is 59.3 Å². The Bertz CT molecular complexity index is 490. The van der Waals surface area contributed by atoms with Gasteiger partial charge in [-0.2, -0.15) is 5.26 Å². The quantitative estimate of drug-likeness (QED) is 0.616. The summed E-state index contributed by atoms with van der Waals surface area (Å²) in [5, 5.41) is 8.38. The third-order valence-corrected chi connectivity index (χ3v) is 2.00. The Labute approximate surface area is 113 Å². The van der Waals surface area contributed by atoms with Crippen LogP contribution in [0.3, 0.4) is 0 Å². The Balaban J connectivity index is 2.58. The normalized spacial score (nSPS) is 11.1. The number of nitrogens with zero attached hydrogens (tertiary/aromatic N) is 1. The Hall–Kier alpha value is -2.28. The van der Waals surface area contributed by atoms with E-state index in [1.807, 2.05) is 26.8 Å². The molecule has 100 valence electrons. The van der Waals surface area contributed by atoms with Gasteiger partial charge in [0.2, 0.25) is 0 Å². The first-order valence-electron chi connectivity index (χ1n) is 5.91. The van der Waals surface area contributed by atoms with E-state index in [1.165, 1.54) is 6.08 Å². The molecule has 0 fully saturated rings. The van der Waals surface area contributed by atoms with E-state index in [9.17, 15) is 4.79 Å². The number of hydrogen-bond acceptors (Lipinski definition) is 4. The molecule has 0 heterocycles. The Morgan fingerprint density at radius 2 is 1.95 bits per heavy atom. The molecule has 0 aromatic heterocycles. The predicted octanol–water partition coefficient (Wildman–Crippen LogP) is 2.94. The van der Waals surface area contributed by atoms with E-state index >= 15 is 0 Å². The highest BCUT2D eigenvalue weighted by molar-refractivity contribution is 5.87. The molecule has 4 heteroatoms. The van der Waals surface area contributed by atoms with E-state index in [1.54, 1.807) is 30.3 Å². The average Bonchev–Trinajstić information content (AvgIpc) is 2.33. The molecule has 0 N–H and O–H groups in total. The molecule has 0 aliphatic carbocycles. The van der Waals surface area contributed by atoms with Crippen LogP contribution in [0.5, 0.6) is 5.75 Å². The van der Waals surface area contributed by atoms with Crippen LogP contribution in [-0.2, 0) is 9.53 Å². The van der Waals surface area contributed by atoms with Crippen molar-refractivity contribution in [1.29, 1.82) is 5.26 Å². The van der Waals surface area contributed by atoms with Gasteiger partial charge in [0.05, 0.1) is 0 Å². The molecule has 0 aliphatic rings. The number of ether oxygens (including phenoxy) is 2. The number of hydrogen-bond donors (Lipinski definition) is 0. The zero-order valence-corrected chi connectivity index (χ0v) is 11.3. The van der Waals surface area contributed by atoms with Crippen molar-refractivity contribution < 1.29 is 14.3 Å². The van der Waals surface area contributed by atoms with Gasteiger partial charge >= 0.3 is 5.97 Å². The van der Waals surface area contributed by atoms with Gasteiger partial charge < -0.3 is 9.47 Å². The fourth-order valence-electron chi connectivity index (χ4n) is 1.29. The first-order valence-corrected chi connectivity index (χ1v) is 5.91. The highest BCUT2D eigenvalue weighted by Gasteiger charge is 2.13. The molecule has 0 radical (unpaired) electrons. The van der Waals surface area contributed by atoms with E-state index in [-0.39, 0.29) is 12.6 Å². The van der Waals surface area contributed by atoms with Gasteiger partial charge in [0.15, 0.2) is 6.61 Å². The van der Waals surface area contributed by atoms with E-state index < -0.39 is 5.60 Å². The summed E-state index contributed by atoms with van der Waals surface area (Å²) in [6.45, 7) is 5.48. The number of carbonyl (C=O) groups excluding carboxylic acids is 1. The molecule has 19 heavy (non-hydrogen) atoms. The van der Waals surface area contributed by atoms with Gasteiger partial charge in [-0.15, -0.1) is 0 Å². The summed E-state index contributed by atoms with van der Waals surface area (Å²) in [5.41, 5.74) is 0.367. The average molecular weight is 259 g/mol. The molecule has 0 amide bonds. The first kappa shape index (κ1) is 14.8. The summed E-state index contributed by atoms with van der Waals surface area (Å²) in [6, 6.07) is 8.98. The second-order valence-electron chi connectivity index (χ2n) is 4.88. The van der Waals surface area contributed by atoms with Crippen LogP contribution < -0.4 is 4.74 Å². The molecule has 0 bridgehead atoms. The molecule has 0 saturated heterocycles. The highest BCUT2D eigenvalue weighted by atomic mass is 16.6. The third kappa shape index (κ3) is 6.27. The van der Waals surface area contributed by atoms with Crippen molar-refractivity contribution in [1.82, 2.24) is 0 Å². The van der Waals surface area contributed by atoms with Gasteiger partial charge in [-0.1, -0.05) is 12.1 Å². The lowest BCUT2D eigenvalue weighted by molar-refractivity contribution is -0.148. The monoisotopic (exact) mass is 259 g/mol. The summed E-state index contributed by atoms with van der Waals surface area (Å²) in [5.74, 6) is 0.244. The Kier molecular flexibility index (Phi) is 5.13. The first-order chi connectivity index (χ1) is 8.90. The SMILES string of the molecule is CC(C)(C)OC(=O)/C=C/c1ccc(OCC#N)cc1. The fraction of sp³-hybridized carbons (Fsp3) is 0.333. The maximum atomic E-state index is 11.5. The third-order valence-electron chi connectivity index (χ3n) is 2.00. The van der Waals surface area contributed by atoms with Gasteiger partial charge in [0.1, 0.15) is 17.4 Å². The van der Waals surface area contributed by atoms with Crippen LogP contribution in [0.4, 0.5) is 0 Å². The van der Waals surface area contributed by atoms with Crippen molar-refractivity contribution >= 4 is 12.0 Å². The fourth-order valence-corrected chi connectivity index (χ4v) is 1.29. The summed E-state index contributed by atoms with van der Waals surface area (Å²) < 4.78 is 10.3. The summed E-state index contributed by atoms with van der Waals surface area (Å²) in [7, 11) is 0. The maximum absolute atomic E-state index is 11.5. The summed E-state index contributed by atoms with van der Waals surface area (Å²) in [6.07, 6.45) is 3.05. The van der Waals surface area contributed by atoms with Crippen molar-refractivity contribution in [2.75, 3.05) is 6.61 Å². The minimum Gasteiger partial charge on any atom is -0.479 e. The van der Waals surface area contributed by atoms with Crippen molar-refractivity contribution in [3.63, 3.8) is 0 Å². The van der Waals surface area contributed by atoms with Gasteiger partial charge in [0.25, 0.3) is 0 Å². The smallest absolute Gasteiger partial charge is 0.331 e. The Morgan fingerprint density at radius 1 is 1.32 bits per heavy atom. The van der Waals surface area contributed by atoms with Crippen molar-refractivity contribution in [3.05, 3.63) is 35.9 Å². The molecular weight excluding hydrogens is 242 g/mol. The summed E-state index contributed by atoms with van der Waals surface area (Å²) >= 11 is 0. The maximum Gasteiger partial charge on any atom is 0.331 e. The molecule has 0 spiro atoms. The second kappa shape index (κ2) is 6.60.